The minimum atomic E-state index is 0.277. The topological polar surface area (TPSA) is 57.8 Å². The zero-order valence-electron chi connectivity index (χ0n) is 12.2. The molecule has 0 aliphatic carbocycles. The summed E-state index contributed by atoms with van der Waals surface area (Å²) in [5, 5.41) is 8.12. The molecule has 0 spiro atoms. The third-order valence-electron chi connectivity index (χ3n) is 4.02. The normalized spacial score (nSPS) is 17.8. The summed E-state index contributed by atoms with van der Waals surface area (Å²) in [5.74, 6) is 1.27. The van der Waals surface area contributed by atoms with E-state index in [1.54, 1.807) is 4.68 Å². The summed E-state index contributed by atoms with van der Waals surface area (Å²) in [5.41, 5.74) is 3.86. The summed E-state index contributed by atoms with van der Waals surface area (Å²) in [6.45, 7) is 1.66. The number of rotatable bonds is 4. The number of benzene rings is 1. The van der Waals surface area contributed by atoms with E-state index >= 15 is 0 Å². The number of hydrogen-bond acceptors (Lipinski definition) is 4. The van der Waals surface area contributed by atoms with Crippen LogP contribution in [0.25, 0.3) is 22.3 Å². The number of imidazole rings is 1. The average molecular weight is 318 g/mol. The molecule has 3 heterocycles. The van der Waals surface area contributed by atoms with Crippen molar-refractivity contribution in [3.05, 3.63) is 30.2 Å². The fourth-order valence-corrected chi connectivity index (χ4v) is 2.96. The lowest BCUT2D eigenvalue weighted by molar-refractivity contribution is -0.0589. The second-order valence-electron chi connectivity index (χ2n) is 5.53. The van der Waals surface area contributed by atoms with Gasteiger partial charge in [0.2, 0.25) is 0 Å². The SMILES string of the molecule is Cn1cc(-c2ccc3c(c2)nc(CCl)n3CC2CCO2)nn1. The van der Waals surface area contributed by atoms with E-state index in [0.717, 1.165) is 47.7 Å². The number of aryl methyl sites for hydroxylation is 1. The summed E-state index contributed by atoms with van der Waals surface area (Å²) in [6.07, 6.45) is 3.26. The molecule has 1 unspecified atom stereocenters. The Morgan fingerprint density at radius 2 is 2.27 bits per heavy atom. The van der Waals surface area contributed by atoms with Crippen molar-refractivity contribution in [1.82, 2.24) is 24.5 Å². The van der Waals surface area contributed by atoms with Crippen molar-refractivity contribution in [3.63, 3.8) is 0 Å². The highest BCUT2D eigenvalue weighted by Gasteiger charge is 2.21. The Hall–Kier alpha value is -1.92. The summed E-state index contributed by atoms with van der Waals surface area (Å²) in [4.78, 5) is 4.66. The van der Waals surface area contributed by atoms with Crippen LogP contribution in [0.5, 0.6) is 0 Å². The Balaban J connectivity index is 1.76. The molecule has 0 amide bonds. The number of hydrogen-bond donors (Lipinski definition) is 0. The van der Waals surface area contributed by atoms with Crippen molar-refractivity contribution in [1.29, 1.82) is 0 Å². The maximum absolute atomic E-state index is 6.06. The van der Waals surface area contributed by atoms with Gasteiger partial charge in [0.1, 0.15) is 11.5 Å². The number of aromatic nitrogens is 5. The van der Waals surface area contributed by atoms with Crippen molar-refractivity contribution in [3.8, 4) is 11.3 Å². The summed E-state index contributed by atoms with van der Waals surface area (Å²) < 4.78 is 9.39. The second kappa shape index (κ2) is 5.37. The molecule has 0 bridgehead atoms. The minimum Gasteiger partial charge on any atom is -0.376 e. The fourth-order valence-electron chi connectivity index (χ4n) is 2.76. The molecule has 2 aromatic heterocycles. The quantitative estimate of drug-likeness (QED) is 0.693. The van der Waals surface area contributed by atoms with Gasteiger partial charge in [0.05, 0.1) is 35.8 Å². The first-order chi connectivity index (χ1) is 10.7. The third kappa shape index (κ3) is 2.28. The molecule has 1 aliphatic heterocycles. The fraction of sp³-hybridized carbons (Fsp3) is 0.400. The van der Waals surface area contributed by atoms with Gasteiger partial charge in [0.25, 0.3) is 0 Å². The number of nitrogens with zero attached hydrogens (tertiary/aromatic N) is 5. The predicted octanol–water partition coefficient (Wildman–Crippen LogP) is 2.36. The summed E-state index contributed by atoms with van der Waals surface area (Å²) >= 11 is 6.06. The zero-order chi connectivity index (χ0) is 15.1. The van der Waals surface area contributed by atoms with Crippen LogP contribution in [0.3, 0.4) is 0 Å². The summed E-state index contributed by atoms with van der Waals surface area (Å²) in [6, 6.07) is 6.15. The van der Waals surface area contributed by atoms with Gasteiger partial charge in [0, 0.05) is 19.2 Å². The van der Waals surface area contributed by atoms with Crippen LogP contribution in [0.1, 0.15) is 12.2 Å². The molecule has 114 valence electrons. The lowest BCUT2D eigenvalue weighted by Gasteiger charge is -2.27. The average Bonchev–Trinajstić information content (AvgIpc) is 3.05. The van der Waals surface area contributed by atoms with Gasteiger partial charge in [-0.3, -0.25) is 4.68 Å². The Labute approximate surface area is 132 Å². The van der Waals surface area contributed by atoms with E-state index in [2.05, 4.69) is 25.9 Å². The van der Waals surface area contributed by atoms with Gasteiger partial charge in [-0.15, -0.1) is 16.7 Å². The van der Waals surface area contributed by atoms with E-state index in [1.807, 2.05) is 25.4 Å². The molecular weight excluding hydrogens is 302 g/mol. The lowest BCUT2D eigenvalue weighted by atomic mass is 10.1. The summed E-state index contributed by atoms with van der Waals surface area (Å²) in [7, 11) is 1.86. The van der Waals surface area contributed by atoms with Crippen molar-refractivity contribution in [2.24, 2.45) is 7.05 Å². The standard InChI is InChI=1S/C15H16ClN5O/c1-20-9-13(18-19-20)10-2-3-14-12(6-10)17-15(7-16)21(14)8-11-4-5-22-11/h2-3,6,9,11H,4-5,7-8H2,1H3. The molecule has 3 aromatic rings. The largest absolute Gasteiger partial charge is 0.376 e. The molecule has 1 aliphatic rings. The van der Waals surface area contributed by atoms with Crippen LogP contribution >= 0.6 is 11.6 Å². The monoisotopic (exact) mass is 317 g/mol. The van der Waals surface area contributed by atoms with E-state index in [1.165, 1.54) is 0 Å². The Morgan fingerprint density at radius 3 is 2.91 bits per heavy atom. The molecule has 0 radical (unpaired) electrons. The third-order valence-corrected chi connectivity index (χ3v) is 4.26. The first-order valence-corrected chi connectivity index (χ1v) is 7.81. The molecule has 7 heteroatoms. The van der Waals surface area contributed by atoms with E-state index in [-0.39, 0.29) is 6.10 Å². The number of fused-ring (bicyclic) bond motifs is 1. The molecule has 1 aromatic carbocycles. The molecule has 22 heavy (non-hydrogen) atoms. The number of alkyl halides is 1. The van der Waals surface area contributed by atoms with Crippen LogP contribution in [-0.4, -0.2) is 37.3 Å². The zero-order valence-corrected chi connectivity index (χ0v) is 13.0. The molecule has 1 fully saturated rings. The molecule has 0 saturated carbocycles. The maximum atomic E-state index is 6.06. The first-order valence-electron chi connectivity index (χ1n) is 7.28. The Morgan fingerprint density at radius 1 is 1.41 bits per heavy atom. The van der Waals surface area contributed by atoms with Crippen LogP contribution in [0.4, 0.5) is 0 Å². The Bertz CT molecular complexity index is 821. The molecule has 6 nitrogen and oxygen atoms in total. The van der Waals surface area contributed by atoms with Gasteiger partial charge in [-0.25, -0.2) is 4.98 Å². The highest BCUT2D eigenvalue weighted by Crippen LogP contribution is 2.26. The molecule has 4 rings (SSSR count). The van der Waals surface area contributed by atoms with E-state index in [9.17, 15) is 0 Å². The first kappa shape index (κ1) is 13.7. The van der Waals surface area contributed by atoms with Crippen molar-refractivity contribution in [2.75, 3.05) is 6.61 Å². The molecule has 0 N–H and O–H groups in total. The van der Waals surface area contributed by atoms with Crippen molar-refractivity contribution >= 4 is 22.6 Å². The van der Waals surface area contributed by atoms with E-state index in [0.29, 0.717) is 5.88 Å². The highest BCUT2D eigenvalue weighted by atomic mass is 35.5. The van der Waals surface area contributed by atoms with Crippen LogP contribution in [0.15, 0.2) is 24.4 Å². The van der Waals surface area contributed by atoms with Crippen molar-refractivity contribution in [2.45, 2.75) is 24.9 Å². The van der Waals surface area contributed by atoms with Crippen LogP contribution in [0.2, 0.25) is 0 Å². The number of ether oxygens (including phenoxy) is 1. The van der Waals surface area contributed by atoms with Gasteiger partial charge < -0.3 is 9.30 Å². The van der Waals surface area contributed by atoms with E-state index < -0.39 is 0 Å². The highest BCUT2D eigenvalue weighted by molar-refractivity contribution is 6.16. The smallest absolute Gasteiger partial charge is 0.124 e. The predicted molar refractivity (Wildman–Crippen MR) is 83.6 cm³/mol. The molecule has 1 atom stereocenters. The van der Waals surface area contributed by atoms with Gasteiger partial charge in [-0.1, -0.05) is 11.3 Å². The van der Waals surface area contributed by atoms with Gasteiger partial charge in [-0.05, 0) is 18.6 Å². The van der Waals surface area contributed by atoms with E-state index in [4.69, 9.17) is 16.3 Å². The molecule has 1 saturated heterocycles. The van der Waals surface area contributed by atoms with Crippen molar-refractivity contribution < 1.29 is 4.74 Å². The van der Waals surface area contributed by atoms with Gasteiger partial charge >= 0.3 is 0 Å². The Kier molecular flexibility index (Phi) is 3.35. The van der Waals surface area contributed by atoms with Crippen LogP contribution in [0, 0.1) is 0 Å². The van der Waals surface area contributed by atoms with Crippen LogP contribution < -0.4 is 0 Å². The van der Waals surface area contributed by atoms with Gasteiger partial charge in [-0.2, -0.15) is 0 Å². The maximum Gasteiger partial charge on any atom is 0.124 e. The molecular formula is C15H16ClN5O. The van der Waals surface area contributed by atoms with Gasteiger partial charge in [0.15, 0.2) is 0 Å². The second-order valence-corrected chi connectivity index (χ2v) is 5.80. The van der Waals surface area contributed by atoms with Crippen LogP contribution in [-0.2, 0) is 24.2 Å². The lowest BCUT2D eigenvalue weighted by Crippen LogP contribution is -2.31. The minimum absolute atomic E-state index is 0.277. The number of halogens is 1.